The summed E-state index contributed by atoms with van der Waals surface area (Å²) < 4.78 is 1.70. The predicted octanol–water partition coefficient (Wildman–Crippen LogP) is 3.66. The molecule has 6 heteroatoms. The van der Waals surface area contributed by atoms with Crippen LogP contribution in [0.25, 0.3) is 5.69 Å². The number of anilines is 1. The van der Waals surface area contributed by atoms with Gasteiger partial charge in [0.05, 0.1) is 11.7 Å². The predicted molar refractivity (Wildman–Crippen MR) is 101 cm³/mol. The number of urea groups is 1. The first-order valence-electron chi connectivity index (χ1n) is 8.75. The molecule has 0 radical (unpaired) electrons. The topological polar surface area (TPSA) is 63.1 Å². The van der Waals surface area contributed by atoms with Gasteiger partial charge in [0.25, 0.3) is 0 Å². The second-order valence-electron chi connectivity index (χ2n) is 6.67. The lowest BCUT2D eigenvalue weighted by Crippen LogP contribution is -2.40. The first kappa shape index (κ1) is 16.3. The number of benzene rings is 2. The molecule has 0 fully saturated rings. The van der Waals surface area contributed by atoms with Crippen molar-refractivity contribution in [3.05, 3.63) is 72.3 Å². The Morgan fingerprint density at radius 1 is 1.19 bits per heavy atom. The molecular formula is C20H21N5O. The van der Waals surface area contributed by atoms with E-state index in [1.165, 1.54) is 11.9 Å². The van der Waals surface area contributed by atoms with Gasteiger partial charge in [0.1, 0.15) is 12.7 Å². The van der Waals surface area contributed by atoms with E-state index >= 15 is 0 Å². The lowest BCUT2D eigenvalue weighted by Gasteiger charge is -2.22. The molecule has 2 amide bonds. The van der Waals surface area contributed by atoms with Crippen LogP contribution >= 0.6 is 0 Å². The maximum absolute atomic E-state index is 12.8. The molecule has 1 aliphatic rings. The lowest BCUT2D eigenvalue weighted by molar-refractivity contribution is 0.243. The van der Waals surface area contributed by atoms with Crippen LogP contribution in [-0.2, 0) is 0 Å². The SMILES string of the molecule is CC1CN(C(=O)NC(C)c2ccc(-n3cncn3)cc2)c2ccccc21. The number of para-hydroxylation sites is 1. The molecule has 2 aromatic carbocycles. The Bertz CT molecular complexity index is 904. The summed E-state index contributed by atoms with van der Waals surface area (Å²) in [6.45, 7) is 4.86. The van der Waals surface area contributed by atoms with Gasteiger partial charge < -0.3 is 5.32 Å². The van der Waals surface area contributed by atoms with Crippen molar-refractivity contribution < 1.29 is 4.79 Å². The van der Waals surface area contributed by atoms with Crippen LogP contribution in [0.2, 0.25) is 0 Å². The first-order valence-corrected chi connectivity index (χ1v) is 8.75. The lowest BCUT2D eigenvalue weighted by atomic mass is 10.0. The van der Waals surface area contributed by atoms with Crippen LogP contribution in [-0.4, -0.2) is 27.3 Å². The molecule has 1 aromatic heterocycles. The molecule has 2 atom stereocenters. The van der Waals surface area contributed by atoms with Gasteiger partial charge in [0, 0.05) is 18.2 Å². The Kier molecular flexibility index (Phi) is 4.16. The van der Waals surface area contributed by atoms with Crippen molar-refractivity contribution in [2.45, 2.75) is 25.8 Å². The summed E-state index contributed by atoms with van der Waals surface area (Å²) in [6.07, 6.45) is 3.16. The van der Waals surface area contributed by atoms with Gasteiger partial charge in [0.2, 0.25) is 0 Å². The van der Waals surface area contributed by atoms with Crippen molar-refractivity contribution in [3.63, 3.8) is 0 Å². The number of nitrogens with one attached hydrogen (secondary N) is 1. The molecule has 0 saturated carbocycles. The van der Waals surface area contributed by atoms with E-state index in [0.29, 0.717) is 12.5 Å². The Balaban J connectivity index is 1.47. The molecule has 2 heterocycles. The maximum Gasteiger partial charge on any atom is 0.322 e. The Labute approximate surface area is 152 Å². The van der Waals surface area contributed by atoms with Crippen molar-refractivity contribution >= 4 is 11.7 Å². The van der Waals surface area contributed by atoms with Crippen molar-refractivity contribution in [2.75, 3.05) is 11.4 Å². The van der Waals surface area contributed by atoms with Crippen LogP contribution in [0.15, 0.2) is 61.2 Å². The average Bonchev–Trinajstić information content (AvgIpc) is 3.31. The monoisotopic (exact) mass is 347 g/mol. The van der Waals surface area contributed by atoms with E-state index in [1.54, 1.807) is 11.0 Å². The molecule has 3 aromatic rings. The zero-order valence-electron chi connectivity index (χ0n) is 14.8. The zero-order valence-corrected chi connectivity index (χ0v) is 14.8. The van der Waals surface area contributed by atoms with Gasteiger partial charge in [-0.2, -0.15) is 5.10 Å². The first-order chi connectivity index (χ1) is 12.6. The summed E-state index contributed by atoms with van der Waals surface area (Å²) in [4.78, 5) is 18.6. The van der Waals surface area contributed by atoms with Gasteiger partial charge in [-0.05, 0) is 36.2 Å². The van der Waals surface area contributed by atoms with Gasteiger partial charge in [0.15, 0.2) is 0 Å². The normalized spacial score (nSPS) is 17.0. The molecule has 0 spiro atoms. The summed E-state index contributed by atoms with van der Waals surface area (Å²) in [5, 5.41) is 7.23. The number of hydrogen-bond acceptors (Lipinski definition) is 3. The minimum atomic E-state index is -0.0876. The number of amides is 2. The van der Waals surface area contributed by atoms with Gasteiger partial charge in [-0.1, -0.05) is 37.3 Å². The molecule has 0 aliphatic carbocycles. The summed E-state index contributed by atoms with van der Waals surface area (Å²) in [6, 6.07) is 15.9. The molecule has 1 aliphatic heterocycles. The zero-order chi connectivity index (χ0) is 18.1. The van der Waals surface area contributed by atoms with Crippen LogP contribution in [0, 0.1) is 0 Å². The molecule has 0 saturated heterocycles. The highest BCUT2D eigenvalue weighted by Crippen LogP contribution is 2.35. The summed E-state index contributed by atoms with van der Waals surface area (Å²) in [7, 11) is 0. The molecule has 132 valence electrons. The van der Waals surface area contributed by atoms with Crippen molar-refractivity contribution in [1.29, 1.82) is 0 Å². The third-order valence-corrected chi connectivity index (χ3v) is 4.88. The van der Waals surface area contributed by atoms with E-state index in [0.717, 1.165) is 16.9 Å². The maximum atomic E-state index is 12.8. The van der Waals surface area contributed by atoms with Crippen LogP contribution in [0.3, 0.4) is 0 Å². The van der Waals surface area contributed by atoms with E-state index in [2.05, 4.69) is 28.4 Å². The van der Waals surface area contributed by atoms with E-state index in [1.807, 2.05) is 54.3 Å². The minimum Gasteiger partial charge on any atom is -0.331 e. The molecule has 2 unspecified atom stereocenters. The average molecular weight is 347 g/mol. The fraction of sp³-hybridized carbons (Fsp3) is 0.250. The van der Waals surface area contributed by atoms with Gasteiger partial charge in [-0.3, -0.25) is 4.90 Å². The summed E-state index contributed by atoms with van der Waals surface area (Å²) in [5.41, 5.74) is 4.22. The van der Waals surface area contributed by atoms with Crippen molar-refractivity contribution in [2.24, 2.45) is 0 Å². The molecule has 6 nitrogen and oxygen atoms in total. The fourth-order valence-electron chi connectivity index (χ4n) is 3.42. The van der Waals surface area contributed by atoms with Crippen molar-refractivity contribution in [1.82, 2.24) is 20.1 Å². The number of aromatic nitrogens is 3. The van der Waals surface area contributed by atoms with Crippen LogP contribution in [0.1, 0.15) is 36.9 Å². The van der Waals surface area contributed by atoms with Crippen molar-refractivity contribution in [3.8, 4) is 5.69 Å². The van der Waals surface area contributed by atoms with E-state index in [-0.39, 0.29) is 12.1 Å². The number of carbonyl (C=O) groups is 1. The largest absolute Gasteiger partial charge is 0.331 e. The molecular weight excluding hydrogens is 326 g/mol. The van der Waals surface area contributed by atoms with Gasteiger partial charge >= 0.3 is 6.03 Å². The number of rotatable bonds is 3. The number of fused-ring (bicyclic) bond motifs is 1. The third kappa shape index (κ3) is 2.94. The standard InChI is InChI=1S/C20H21N5O/c1-14-11-24(19-6-4-3-5-18(14)19)20(26)23-15(2)16-7-9-17(10-8-16)25-13-21-12-22-25/h3-10,12-15H,11H2,1-2H3,(H,23,26). The highest BCUT2D eigenvalue weighted by atomic mass is 16.2. The van der Waals surface area contributed by atoms with Crippen LogP contribution in [0.5, 0.6) is 0 Å². The van der Waals surface area contributed by atoms with Gasteiger partial charge in [-0.25, -0.2) is 14.5 Å². The fourth-order valence-corrected chi connectivity index (χ4v) is 3.42. The number of carbonyl (C=O) groups excluding carboxylic acids is 1. The van der Waals surface area contributed by atoms with E-state index < -0.39 is 0 Å². The summed E-state index contributed by atoms with van der Waals surface area (Å²) >= 11 is 0. The van der Waals surface area contributed by atoms with E-state index in [9.17, 15) is 4.79 Å². The van der Waals surface area contributed by atoms with Gasteiger partial charge in [-0.15, -0.1) is 0 Å². The minimum absolute atomic E-state index is 0.0605. The summed E-state index contributed by atoms with van der Waals surface area (Å²) in [5.74, 6) is 0.356. The molecule has 1 N–H and O–H groups in total. The Morgan fingerprint density at radius 2 is 1.96 bits per heavy atom. The smallest absolute Gasteiger partial charge is 0.322 e. The third-order valence-electron chi connectivity index (χ3n) is 4.88. The molecule has 0 bridgehead atoms. The van der Waals surface area contributed by atoms with E-state index in [4.69, 9.17) is 0 Å². The number of nitrogens with zero attached hydrogens (tertiary/aromatic N) is 4. The highest BCUT2D eigenvalue weighted by molar-refractivity contribution is 5.94. The molecule has 4 rings (SSSR count). The second-order valence-corrected chi connectivity index (χ2v) is 6.67. The molecule has 26 heavy (non-hydrogen) atoms. The Hall–Kier alpha value is -3.15. The van der Waals surface area contributed by atoms with Crippen LogP contribution in [0.4, 0.5) is 10.5 Å². The Morgan fingerprint density at radius 3 is 2.69 bits per heavy atom. The quantitative estimate of drug-likeness (QED) is 0.786. The highest BCUT2D eigenvalue weighted by Gasteiger charge is 2.29. The second kappa shape index (κ2) is 6.63. The number of hydrogen-bond donors (Lipinski definition) is 1. The van der Waals surface area contributed by atoms with Crippen LogP contribution < -0.4 is 10.2 Å².